The number of aryl methyl sites for hydroxylation is 1. The third-order valence-electron chi connectivity index (χ3n) is 7.35. The number of likely N-dealkylation sites (tertiary alicyclic amines) is 2. The summed E-state index contributed by atoms with van der Waals surface area (Å²) in [5.41, 5.74) is 5.84. The molecule has 2 nitrogen and oxygen atoms in total. The largest absolute Gasteiger partial charge is 0.298 e. The Morgan fingerprint density at radius 3 is 2.13 bits per heavy atom. The second-order valence-electron chi connectivity index (χ2n) is 9.49. The molecule has 2 fully saturated rings. The van der Waals surface area contributed by atoms with Gasteiger partial charge in [0.25, 0.3) is 0 Å². The Labute approximate surface area is 187 Å². The fraction of sp³-hybridized carbons (Fsp3) is 0.379. The van der Waals surface area contributed by atoms with E-state index in [0.29, 0.717) is 12.0 Å². The molecule has 5 rings (SSSR count). The lowest BCUT2D eigenvalue weighted by atomic mass is 9.86. The molecule has 0 spiro atoms. The Morgan fingerprint density at radius 2 is 1.42 bits per heavy atom. The van der Waals surface area contributed by atoms with Gasteiger partial charge in [0.1, 0.15) is 0 Å². The van der Waals surface area contributed by atoms with Gasteiger partial charge in [0.05, 0.1) is 0 Å². The maximum absolute atomic E-state index is 2.80. The number of nitrogens with zero attached hydrogens (tertiary/aromatic N) is 2. The van der Waals surface area contributed by atoms with Crippen LogP contribution in [0.15, 0.2) is 84.9 Å². The number of piperidine rings is 1. The first-order chi connectivity index (χ1) is 15.3. The summed E-state index contributed by atoms with van der Waals surface area (Å²) in [7, 11) is 0. The zero-order valence-corrected chi connectivity index (χ0v) is 18.7. The van der Waals surface area contributed by atoms with Crippen molar-refractivity contribution in [1.82, 2.24) is 9.80 Å². The zero-order valence-electron chi connectivity index (χ0n) is 18.7. The van der Waals surface area contributed by atoms with E-state index in [1.807, 2.05) is 0 Å². The molecule has 2 aliphatic heterocycles. The Kier molecular flexibility index (Phi) is 6.20. The van der Waals surface area contributed by atoms with Gasteiger partial charge in [-0.3, -0.25) is 9.80 Å². The van der Waals surface area contributed by atoms with Gasteiger partial charge < -0.3 is 0 Å². The van der Waals surface area contributed by atoms with Crippen LogP contribution in [0.3, 0.4) is 0 Å². The summed E-state index contributed by atoms with van der Waals surface area (Å²) >= 11 is 0. The van der Waals surface area contributed by atoms with Gasteiger partial charge in [0.15, 0.2) is 0 Å². The minimum Gasteiger partial charge on any atom is -0.298 e. The second kappa shape index (κ2) is 9.38. The van der Waals surface area contributed by atoms with Crippen molar-refractivity contribution in [3.63, 3.8) is 0 Å². The quantitative estimate of drug-likeness (QED) is 0.521. The molecule has 2 heteroatoms. The first-order valence-electron chi connectivity index (χ1n) is 11.9. The molecule has 0 aromatic heterocycles. The van der Waals surface area contributed by atoms with Crippen LogP contribution >= 0.6 is 0 Å². The highest BCUT2D eigenvalue weighted by Crippen LogP contribution is 2.36. The first-order valence-corrected chi connectivity index (χ1v) is 11.9. The molecule has 0 aliphatic carbocycles. The Bertz CT molecular complexity index is 960. The summed E-state index contributed by atoms with van der Waals surface area (Å²) in [6.07, 6.45) is 2.56. The Balaban J connectivity index is 1.32. The molecule has 3 aromatic rings. The van der Waals surface area contributed by atoms with Gasteiger partial charge in [-0.1, -0.05) is 90.5 Å². The Hall–Kier alpha value is -2.42. The van der Waals surface area contributed by atoms with Crippen LogP contribution in [-0.4, -0.2) is 42.0 Å². The van der Waals surface area contributed by atoms with Crippen molar-refractivity contribution in [1.29, 1.82) is 0 Å². The lowest BCUT2D eigenvalue weighted by Gasteiger charge is -2.38. The predicted molar refractivity (Wildman–Crippen MR) is 129 cm³/mol. The van der Waals surface area contributed by atoms with Gasteiger partial charge in [-0.2, -0.15) is 0 Å². The van der Waals surface area contributed by atoms with Crippen molar-refractivity contribution in [3.8, 4) is 0 Å². The molecule has 31 heavy (non-hydrogen) atoms. The van der Waals surface area contributed by atoms with Crippen molar-refractivity contribution >= 4 is 0 Å². The SMILES string of the molecule is Cc1cccc([C@@H]2CN(Cc3ccccc3)C[C@H]2N2CCC(c3ccccc3)CC2)c1. The summed E-state index contributed by atoms with van der Waals surface area (Å²) < 4.78 is 0. The van der Waals surface area contributed by atoms with Crippen LogP contribution in [-0.2, 0) is 6.54 Å². The van der Waals surface area contributed by atoms with E-state index in [2.05, 4.69) is 102 Å². The standard InChI is InChI=1S/C29H34N2/c1-23-9-8-14-27(19-23)28-21-30(20-24-10-4-2-5-11-24)22-29(28)31-17-15-26(16-18-31)25-12-6-3-7-13-25/h2-14,19,26,28-29H,15-18,20-22H2,1H3/t28-,29+/m0/s1. The molecule has 0 saturated carbocycles. The van der Waals surface area contributed by atoms with Crippen molar-refractivity contribution in [2.75, 3.05) is 26.2 Å². The molecular weight excluding hydrogens is 376 g/mol. The van der Waals surface area contributed by atoms with Crippen LogP contribution < -0.4 is 0 Å². The molecule has 2 aliphatic rings. The highest BCUT2D eigenvalue weighted by Gasteiger charge is 2.38. The van der Waals surface area contributed by atoms with Crippen LogP contribution in [0.25, 0.3) is 0 Å². The van der Waals surface area contributed by atoms with E-state index in [1.165, 1.54) is 54.7 Å². The van der Waals surface area contributed by atoms with Gasteiger partial charge in [0, 0.05) is 31.6 Å². The third kappa shape index (κ3) is 4.76. The van der Waals surface area contributed by atoms with Crippen LogP contribution in [0.5, 0.6) is 0 Å². The maximum Gasteiger partial charge on any atom is 0.0304 e. The van der Waals surface area contributed by atoms with E-state index >= 15 is 0 Å². The maximum atomic E-state index is 2.80. The zero-order chi connectivity index (χ0) is 21.0. The second-order valence-corrected chi connectivity index (χ2v) is 9.49. The molecule has 0 bridgehead atoms. The average Bonchev–Trinajstić information content (AvgIpc) is 3.24. The van der Waals surface area contributed by atoms with Crippen molar-refractivity contribution < 1.29 is 0 Å². The lowest BCUT2D eigenvalue weighted by molar-refractivity contribution is 0.143. The predicted octanol–water partition coefficient (Wildman–Crippen LogP) is 5.84. The molecular formula is C29H34N2. The van der Waals surface area contributed by atoms with E-state index in [1.54, 1.807) is 0 Å². The van der Waals surface area contributed by atoms with Crippen LogP contribution in [0.4, 0.5) is 0 Å². The first kappa shape index (κ1) is 20.5. The summed E-state index contributed by atoms with van der Waals surface area (Å²) in [5.74, 6) is 1.31. The normalized spacial score (nSPS) is 23.3. The topological polar surface area (TPSA) is 6.48 Å². The van der Waals surface area contributed by atoms with E-state index in [-0.39, 0.29) is 0 Å². The van der Waals surface area contributed by atoms with Crippen molar-refractivity contribution in [2.45, 2.75) is 44.2 Å². The third-order valence-corrected chi connectivity index (χ3v) is 7.35. The molecule has 2 saturated heterocycles. The average molecular weight is 411 g/mol. The molecule has 2 heterocycles. The van der Waals surface area contributed by atoms with Crippen molar-refractivity contribution in [2.24, 2.45) is 0 Å². The number of rotatable bonds is 5. The van der Waals surface area contributed by atoms with E-state index in [0.717, 1.165) is 19.0 Å². The summed E-state index contributed by atoms with van der Waals surface area (Å²) in [6, 6.07) is 31.9. The van der Waals surface area contributed by atoms with Gasteiger partial charge in [-0.25, -0.2) is 0 Å². The minimum absolute atomic E-state index is 0.594. The lowest BCUT2D eigenvalue weighted by Crippen LogP contribution is -2.44. The summed E-state index contributed by atoms with van der Waals surface area (Å²) in [6.45, 7) is 8.03. The van der Waals surface area contributed by atoms with E-state index in [4.69, 9.17) is 0 Å². The molecule has 3 aromatic carbocycles. The van der Waals surface area contributed by atoms with Gasteiger partial charge in [-0.05, 0) is 55.5 Å². The van der Waals surface area contributed by atoms with Crippen LogP contribution in [0.2, 0.25) is 0 Å². The molecule has 0 amide bonds. The van der Waals surface area contributed by atoms with Crippen LogP contribution in [0, 0.1) is 6.92 Å². The highest BCUT2D eigenvalue weighted by molar-refractivity contribution is 5.29. The summed E-state index contributed by atoms with van der Waals surface area (Å²) in [4.78, 5) is 5.48. The van der Waals surface area contributed by atoms with E-state index in [9.17, 15) is 0 Å². The molecule has 0 unspecified atom stereocenters. The molecule has 0 radical (unpaired) electrons. The fourth-order valence-corrected chi connectivity index (χ4v) is 5.72. The minimum atomic E-state index is 0.594. The van der Waals surface area contributed by atoms with Crippen molar-refractivity contribution in [3.05, 3.63) is 107 Å². The van der Waals surface area contributed by atoms with Crippen LogP contribution in [0.1, 0.15) is 46.9 Å². The number of hydrogen-bond donors (Lipinski definition) is 0. The molecule has 160 valence electrons. The Morgan fingerprint density at radius 1 is 0.742 bits per heavy atom. The van der Waals surface area contributed by atoms with Gasteiger partial charge in [0.2, 0.25) is 0 Å². The highest BCUT2D eigenvalue weighted by atomic mass is 15.3. The molecule has 2 atom stereocenters. The summed E-state index contributed by atoms with van der Waals surface area (Å²) in [5, 5.41) is 0. The monoisotopic (exact) mass is 410 g/mol. The fourth-order valence-electron chi connectivity index (χ4n) is 5.72. The van der Waals surface area contributed by atoms with Gasteiger partial charge >= 0.3 is 0 Å². The number of benzene rings is 3. The van der Waals surface area contributed by atoms with E-state index < -0.39 is 0 Å². The molecule has 0 N–H and O–H groups in total. The smallest absolute Gasteiger partial charge is 0.0304 e. The number of hydrogen-bond acceptors (Lipinski definition) is 2. The van der Waals surface area contributed by atoms with Gasteiger partial charge in [-0.15, -0.1) is 0 Å².